The van der Waals surface area contributed by atoms with Crippen LogP contribution in [-0.4, -0.2) is 20.2 Å². The monoisotopic (exact) mass is 256 g/mol. The Bertz CT molecular complexity index is 482. The molecular weight excluding hydrogens is 248 g/mol. The summed E-state index contributed by atoms with van der Waals surface area (Å²) >= 11 is 7.21. The van der Waals surface area contributed by atoms with Gasteiger partial charge < -0.3 is 4.42 Å². The van der Waals surface area contributed by atoms with E-state index in [2.05, 4.69) is 20.2 Å². The topological polar surface area (TPSA) is 64.7 Å². The Morgan fingerprint density at radius 2 is 2.12 bits per heavy atom. The highest BCUT2D eigenvalue weighted by molar-refractivity contribution is 7.98. The lowest BCUT2D eigenvalue weighted by Crippen LogP contribution is -1.95. The lowest BCUT2D eigenvalue weighted by molar-refractivity contribution is 0.429. The molecule has 2 aromatic rings. The van der Waals surface area contributed by atoms with Crippen LogP contribution in [0, 0.1) is 13.8 Å². The molecule has 16 heavy (non-hydrogen) atoms. The standard InChI is InChI=1S/C9H9ClN4OS/c1-5-3-7(10)12-8(11-5)4-16-9-14-13-6(2)15-9/h3H,4H2,1-2H3. The average molecular weight is 257 g/mol. The predicted molar refractivity (Wildman–Crippen MR) is 60.4 cm³/mol. The summed E-state index contributed by atoms with van der Waals surface area (Å²) in [6, 6.07) is 1.71. The molecule has 0 unspecified atom stereocenters. The van der Waals surface area contributed by atoms with Crippen molar-refractivity contribution in [1.29, 1.82) is 0 Å². The van der Waals surface area contributed by atoms with Gasteiger partial charge in [0.2, 0.25) is 5.89 Å². The first-order valence-corrected chi connectivity index (χ1v) is 5.93. The van der Waals surface area contributed by atoms with E-state index in [9.17, 15) is 0 Å². The zero-order valence-corrected chi connectivity index (χ0v) is 10.3. The number of aryl methyl sites for hydroxylation is 2. The molecule has 0 saturated heterocycles. The largest absolute Gasteiger partial charge is 0.416 e. The molecule has 2 heterocycles. The fourth-order valence-electron chi connectivity index (χ4n) is 1.12. The van der Waals surface area contributed by atoms with Gasteiger partial charge in [-0.25, -0.2) is 9.97 Å². The number of hydrogen-bond donors (Lipinski definition) is 0. The van der Waals surface area contributed by atoms with Crippen LogP contribution < -0.4 is 0 Å². The molecule has 0 aromatic carbocycles. The second kappa shape index (κ2) is 4.80. The van der Waals surface area contributed by atoms with Crippen LogP contribution in [-0.2, 0) is 5.75 Å². The lowest BCUT2D eigenvalue weighted by atomic mass is 10.4. The van der Waals surface area contributed by atoms with Gasteiger partial charge in [-0.1, -0.05) is 23.4 Å². The Morgan fingerprint density at radius 1 is 1.31 bits per heavy atom. The van der Waals surface area contributed by atoms with Gasteiger partial charge in [-0.2, -0.15) is 0 Å². The summed E-state index contributed by atoms with van der Waals surface area (Å²) in [4.78, 5) is 8.35. The molecule has 0 saturated carbocycles. The highest BCUT2D eigenvalue weighted by atomic mass is 35.5. The molecule has 0 fully saturated rings. The molecule has 0 spiro atoms. The Balaban J connectivity index is 2.04. The van der Waals surface area contributed by atoms with E-state index in [1.54, 1.807) is 13.0 Å². The molecule has 0 bridgehead atoms. The third-order valence-corrected chi connectivity index (χ3v) is 2.71. The van der Waals surface area contributed by atoms with Crippen molar-refractivity contribution < 1.29 is 4.42 Å². The van der Waals surface area contributed by atoms with Gasteiger partial charge in [0.1, 0.15) is 11.0 Å². The molecule has 84 valence electrons. The van der Waals surface area contributed by atoms with Crippen molar-refractivity contribution in [3.63, 3.8) is 0 Å². The molecule has 2 aromatic heterocycles. The van der Waals surface area contributed by atoms with Crippen LogP contribution in [0.3, 0.4) is 0 Å². The molecule has 2 rings (SSSR count). The van der Waals surface area contributed by atoms with Gasteiger partial charge in [-0.3, -0.25) is 0 Å². The Hall–Kier alpha value is -1.14. The van der Waals surface area contributed by atoms with Crippen LogP contribution in [0.1, 0.15) is 17.4 Å². The van der Waals surface area contributed by atoms with E-state index in [4.69, 9.17) is 16.0 Å². The minimum atomic E-state index is 0.449. The lowest BCUT2D eigenvalue weighted by Gasteiger charge is -1.99. The van der Waals surface area contributed by atoms with E-state index in [1.165, 1.54) is 11.8 Å². The summed E-state index contributed by atoms with van der Waals surface area (Å²) in [6.45, 7) is 3.62. The van der Waals surface area contributed by atoms with Gasteiger partial charge in [-0.05, 0) is 13.0 Å². The number of thioether (sulfide) groups is 1. The highest BCUT2D eigenvalue weighted by Gasteiger charge is 2.06. The van der Waals surface area contributed by atoms with Gasteiger partial charge in [0.25, 0.3) is 5.22 Å². The minimum absolute atomic E-state index is 0.449. The van der Waals surface area contributed by atoms with Gasteiger partial charge >= 0.3 is 0 Å². The minimum Gasteiger partial charge on any atom is -0.416 e. The Labute approximate surface area is 102 Å². The second-order valence-electron chi connectivity index (χ2n) is 3.12. The maximum absolute atomic E-state index is 5.82. The maximum atomic E-state index is 5.82. The maximum Gasteiger partial charge on any atom is 0.277 e. The van der Waals surface area contributed by atoms with E-state index in [-0.39, 0.29) is 0 Å². The van der Waals surface area contributed by atoms with E-state index < -0.39 is 0 Å². The molecule has 0 radical (unpaired) electrons. The summed E-state index contributed by atoms with van der Waals surface area (Å²) in [5.74, 6) is 1.76. The average Bonchev–Trinajstić information content (AvgIpc) is 2.60. The van der Waals surface area contributed by atoms with Gasteiger partial charge in [-0.15, -0.1) is 10.2 Å². The zero-order valence-electron chi connectivity index (χ0n) is 8.77. The van der Waals surface area contributed by atoms with Gasteiger partial charge in [0.15, 0.2) is 0 Å². The highest BCUT2D eigenvalue weighted by Crippen LogP contribution is 2.20. The van der Waals surface area contributed by atoms with Crippen molar-refractivity contribution in [2.24, 2.45) is 0 Å². The van der Waals surface area contributed by atoms with Crippen molar-refractivity contribution in [3.05, 3.63) is 28.6 Å². The molecule has 0 N–H and O–H groups in total. The first kappa shape index (κ1) is 11.3. The van der Waals surface area contributed by atoms with Crippen LogP contribution >= 0.6 is 23.4 Å². The quantitative estimate of drug-likeness (QED) is 0.621. The number of nitrogens with zero attached hydrogens (tertiary/aromatic N) is 4. The molecule has 0 aliphatic heterocycles. The van der Waals surface area contributed by atoms with Crippen molar-refractivity contribution >= 4 is 23.4 Å². The number of aromatic nitrogens is 4. The number of halogens is 1. The first-order chi connectivity index (χ1) is 7.63. The molecule has 0 atom stereocenters. The third-order valence-electron chi connectivity index (χ3n) is 1.70. The smallest absolute Gasteiger partial charge is 0.277 e. The fraction of sp³-hybridized carbons (Fsp3) is 0.333. The van der Waals surface area contributed by atoms with E-state index in [0.29, 0.717) is 27.8 Å². The summed E-state index contributed by atoms with van der Waals surface area (Å²) < 4.78 is 5.22. The molecule has 0 amide bonds. The van der Waals surface area contributed by atoms with Gasteiger partial charge in [0, 0.05) is 12.6 Å². The summed E-state index contributed by atoms with van der Waals surface area (Å²) in [5, 5.41) is 8.55. The summed E-state index contributed by atoms with van der Waals surface area (Å²) in [7, 11) is 0. The zero-order chi connectivity index (χ0) is 11.5. The van der Waals surface area contributed by atoms with Crippen LogP contribution in [0.15, 0.2) is 15.7 Å². The SMILES string of the molecule is Cc1cc(Cl)nc(CSc2nnc(C)o2)n1. The van der Waals surface area contributed by atoms with Crippen LogP contribution in [0.25, 0.3) is 0 Å². The van der Waals surface area contributed by atoms with Crippen molar-refractivity contribution in [2.75, 3.05) is 0 Å². The fourth-order valence-corrected chi connectivity index (χ4v) is 2.03. The molecule has 7 heteroatoms. The van der Waals surface area contributed by atoms with Gasteiger partial charge in [0.05, 0.1) is 5.75 Å². The molecule has 5 nitrogen and oxygen atoms in total. The van der Waals surface area contributed by atoms with Crippen LogP contribution in [0.2, 0.25) is 5.15 Å². The molecule has 0 aliphatic rings. The van der Waals surface area contributed by atoms with E-state index in [1.807, 2.05) is 6.92 Å². The third kappa shape index (κ3) is 2.93. The normalized spacial score (nSPS) is 10.7. The first-order valence-electron chi connectivity index (χ1n) is 4.56. The molecular formula is C9H9ClN4OS. The number of rotatable bonds is 3. The summed E-state index contributed by atoms with van der Waals surface area (Å²) in [5.41, 5.74) is 0.845. The Kier molecular flexibility index (Phi) is 3.40. The summed E-state index contributed by atoms with van der Waals surface area (Å²) in [6.07, 6.45) is 0. The van der Waals surface area contributed by atoms with Crippen molar-refractivity contribution in [2.45, 2.75) is 24.8 Å². The van der Waals surface area contributed by atoms with E-state index in [0.717, 1.165) is 5.69 Å². The second-order valence-corrected chi connectivity index (χ2v) is 4.44. The van der Waals surface area contributed by atoms with Crippen LogP contribution in [0.4, 0.5) is 0 Å². The van der Waals surface area contributed by atoms with Crippen molar-refractivity contribution in [3.8, 4) is 0 Å². The van der Waals surface area contributed by atoms with Crippen molar-refractivity contribution in [1.82, 2.24) is 20.2 Å². The molecule has 0 aliphatic carbocycles. The van der Waals surface area contributed by atoms with E-state index >= 15 is 0 Å². The Morgan fingerprint density at radius 3 is 2.75 bits per heavy atom. The number of hydrogen-bond acceptors (Lipinski definition) is 6. The predicted octanol–water partition coefficient (Wildman–Crippen LogP) is 2.42. The van der Waals surface area contributed by atoms with Crippen LogP contribution in [0.5, 0.6) is 0 Å².